The van der Waals surface area contributed by atoms with Gasteiger partial charge in [0.25, 0.3) is 5.91 Å². The molecule has 0 radical (unpaired) electrons. The molecule has 158 valence electrons. The molecule has 1 atom stereocenters. The summed E-state index contributed by atoms with van der Waals surface area (Å²) >= 11 is 0. The maximum absolute atomic E-state index is 12.5. The zero-order valence-electron chi connectivity index (χ0n) is 18.5. The molecule has 0 aliphatic rings. The molecule has 0 bridgehead atoms. The number of ether oxygens (including phenoxy) is 2. The van der Waals surface area contributed by atoms with Crippen molar-refractivity contribution in [2.45, 2.75) is 65.4 Å². The topological polar surface area (TPSA) is 47.6 Å². The van der Waals surface area contributed by atoms with E-state index in [1.54, 1.807) is 0 Å². The van der Waals surface area contributed by atoms with Crippen molar-refractivity contribution in [2.24, 2.45) is 0 Å². The highest BCUT2D eigenvalue weighted by atomic mass is 16.5. The van der Waals surface area contributed by atoms with Gasteiger partial charge >= 0.3 is 0 Å². The lowest BCUT2D eigenvalue weighted by atomic mass is 9.87. The van der Waals surface area contributed by atoms with Crippen LogP contribution in [0.3, 0.4) is 0 Å². The van der Waals surface area contributed by atoms with Gasteiger partial charge in [-0.2, -0.15) is 0 Å². The molecular weight excluding hydrogens is 362 g/mol. The van der Waals surface area contributed by atoms with Crippen molar-refractivity contribution in [1.29, 1.82) is 0 Å². The Morgan fingerprint density at radius 1 is 0.966 bits per heavy atom. The summed E-state index contributed by atoms with van der Waals surface area (Å²) in [5.41, 5.74) is 2.59. The molecule has 0 saturated heterocycles. The van der Waals surface area contributed by atoms with Crippen LogP contribution in [0.1, 0.15) is 58.6 Å². The second kappa shape index (κ2) is 10.9. The first kappa shape index (κ1) is 22.8. The molecule has 0 spiro atoms. The van der Waals surface area contributed by atoms with Gasteiger partial charge in [0.2, 0.25) is 0 Å². The molecular formula is C25H35NO3. The number of carbonyl (C=O) groups excluding carboxylic acids is 1. The van der Waals surface area contributed by atoms with E-state index < -0.39 is 6.10 Å². The van der Waals surface area contributed by atoms with Crippen LogP contribution >= 0.6 is 0 Å². The Kier molecular flexibility index (Phi) is 8.56. The van der Waals surface area contributed by atoms with Gasteiger partial charge in [-0.05, 0) is 67.0 Å². The van der Waals surface area contributed by atoms with Crippen LogP contribution in [-0.2, 0) is 16.6 Å². The summed E-state index contributed by atoms with van der Waals surface area (Å²) in [5.74, 6) is 1.57. The Balaban J connectivity index is 1.77. The number of aryl methyl sites for hydroxylation is 1. The minimum absolute atomic E-state index is 0.0564. The molecule has 4 heteroatoms. The summed E-state index contributed by atoms with van der Waals surface area (Å²) < 4.78 is 11.4. The third kappa shape index (κ3) is 7.45. The fourth-order valence-corrected chi connectivity index (χ4v) is 3.06. The van der Waals surface area contributed by atoms with Gasteiger partial charge in [0, 0.05) is 6.54 Å². The third-order valence-corrected chi connectivity index (χ3v) is 4.84. The summed E-state index contributed by atoms with van der Waals surface area (Å²) in [6, 6.07) is 16.2. The van der Waals surface area contributed by atoms with E-state index in [0.29, 0.717) is 19.6 Å². The lowest BCUT2D eigenvalue weighted by Gasteiger charge is -2.21. The fraction of sp³-hybridized carbons (Fsp3) is 0.480. The first-order chi connectivity index (χ1) is 13.8. The fourth-order valence-electron chi connectivity index (χ4n) is 3.06. The first-order valence-electron chi connectivity index (χ1n) is 10.6. The molecule has 2 aromatic carbocycles. The highest BCUT2D eigenvalue weighted by molar-refractivity contribution is 5.81. The maximum atomic E-state index is 12.5. The minimum atomic E-state index is -0.471. The van der Waals surface area contributed by atoms with E-state index in [2.05, 4.69) is 50.4 Å². The lowest BCUT2D eigenvalue weighted by Crippen LogP contribution is -2.38. The molecule has 29 heavy (non-hydrogen) atoms. The third-order valence-electron chi connectivity index (χ3n) is 4.84. The van der Waals surface area contributed by atoms with Gasteiger partial charge in [-0.3, -0.25) is 4.79 Å². The molecule has 0 heterocycles. The molecule has 1 N–H and O–H groups in total. The van der Waals surface area contributed by atoms with Crippen molar-refractivity contribution >= 4 is 5.91 Å². The van der Waals surface area contributed by atoms with Crippen molar-refractivity contribution in [3.8, 4) is 11.5 Å². The molecule has 0 fully saturated rings. The van der Waals surface area contributed by atoms with Gasteiger partial charge in [0.15, 0.2) is 6.10 Å². The van der Waals surface area contributed by atoms with Gasteiger partial charge in [0.05, 0.1) is 6.61 Å². The van der Waals surface area contributed by atoms with E-state index >= 15 is 0 Å². The number of benzene rings is 2. The molecule has 0 aromatic heterocycles. The summed E-state index contributed by atoms with van der Waals surface area (Å²) in [6.45, 7) is 11.8. The summed E-state index contributed by atoms with van der Waals surface area (Å²) in [7, 11) is 0. The van der Waals surface area contributed by atoms with Gasteiger partial charge < -0.3 is 14.8 Å². The largest absolute Gasteiger partial charge is 0.494 e. The Labute approximate surface area is 175 Å². The van der Waals surface area contributed by atoms with Crippen LogP contribution in [0.5, 0.6) is 11.5 Å². The predicted molar refractivity (Wildman–Crippen MR) is 119 cm³/mol. The van der Waals surface area contributed by atoms with Crippen molar-refractivity contribution in [1.82, 2.24) is 5.32 Å². The zero-order valence-corrected chi connectivity index (χ0v) is 18.5. The number of hydrogen-bond donors (Lipinski definition) is 1. The van der Waals surface area contributed by atoms with Crippen LogP contribution in [0.25, 0.3) is 0 Å². The standard InChI is InChI=1S/C25H35NO3/c1-6-23(29-22-16-12-20(13-17-22)25(3,4)5)24(27)26-18-8-9-19-10-14-21(15-11-19)28-7-2/h10-17,23H,6-9,18H2,1-5H3,(H,26,27)/t23-/m0/s1. The average Bonchev–Trinajstić information content (AvgIpc) is 2.70. The Morgan fingerprint density at radius 2 is 1.59 bits per heavy atom. The van der Waals surface area contributed by atoms with Gasteiger partial charge in [0.1, 0.15) is 11.5 Å². The van der Waals surface area contributed by atoms with E-state index in [4.69, 9.17) is 9.47 Å². The van der Waals surface area contributed by atoms with Crippen LogP contribution in [0.2, 0.25) is 0 Å². The summed E-state index contributed by atoms with van der Waals surface area (Å²) in [4.78, 5) is 12.5. The van der Waals surface area contributed by atoms with Gasteiger partial charge in [-0.25, -0.2) is 0 Å². The van der Waals surface area contributed by atoms with E-state index in [1.807, 2.05) is 38.1 Å². The zero-order chi connectivity index (χ0) is 21.3. The maximum Gasteiger partial charge on any atom is 0.261 e. The van der Waals surface area contributed by atoms with Crippen molar-refractivity contribution in [3.63, 3.8) is 0 Å². The monoisotopic (exact) mass is 397 g/mol. The second-order valence-electron chi connectivity index (χ2n) is 8.26. The lowest BCUT2D eigenvalue weighted by molar-refractivity contribution is -0.128. The van der Waals surface area contributed by atoms with E-state index in [9.17, 15) is 4.79 Å². The van der Waals surface area contributed by atoms with Crippen LogP contribution < -0.4 is 14.8 Å². The average molecular weight is 398 g/mol. The normalized spacial score (nSPS) is 12.3. The first-order valence-corrected chi connectivity index (χ1v) is 10.6. The second-order valence-corrected chi connectivity index (χ2v) is 8.26. The number of amides is 1. The van der Waals surface area contributed by atoms with Crippen LogP contribution in [-0.4, -0.2) is 25.2 Å². The van der Waals surface area contributed by atoms with Crippen LogP contribution in [0.15, 0.2) is 48.5 Å². The van der Waals surface area contributed by atoms with Crippen LogP contribution in [0, 0.1) is 0 Å². The van der Waals surface area contributed by atoms with Crippen molar-refractivity contribution in [2.75, 3.05) is 13.2 Å². The molecule has 0 aliphatic carbocycles. The van der Waals surface area contributed by atoms with E-state index in [-0.39, 0.29) is 11.3 Å². The Morgan fingerprint density at radius 3 is 2.14 bits per heavy atom. The smallest absolute Gasteiger partial charge is 0.261 e. The van der Waals surface area contributed by atoms with Crippen molar-refractivity contribution in [3.05, 3.63) is 59.7 Å². The van der Waals surface area contributed by atoms with Crippen molar-refractivity contribution < 1.29 is 14.3 Å². The SMILES string of the molecule is CCOc1ccc(CCCNC(=O)[C@H](CC)Oc2ccc(C(C)(C)C)cc2)cc1. The number of hydrogen-bond acceptors (Lipinski definition) is 3. The highest BCUT2D eigenvalue weighted by Crippen LogP contribution is 2.25. The van der Waals surface area contributed by atoms with Gasteiger partial charge in [-0.1, -0.05) is 52.0 Å². The summed E-state index contributed by atoms with van der Waals surface area (Å²) in [5, 5.41) is 3.00. The van der Waals surface area contributed by atoms with Gasteiger partial charge in [-0.15, -0.1) is 0 Å². The molecule has 0 unspecified atom stereocenters. The van der Waals surface area contributed by atoms with E-state index in [1.165, 1.54) is 11.1 Å². The highest BCUT2D eigenvalue weighted by Gasteiger charge is 2.19. The Hall–Kier alpha value is -2.49. The quantitative estimate of drug-likeness (QED) is 0.554. The molecule has 0 aliphatic heterocycles. The van der Waals surface area contributed by atoms with Crippen LogP contribution in [0.4, 0.5) is 0 Å². The Bertz CT molecular complexity index is 745. The molecule has 1 amide bonds. The van der Waals surface area contributed by atoms with E-state index in [0.717, 1.165) is 24.3 Å². The molecule has 2 rings (SSSR count). The molecule has 2 aromatic rings. The molecule has 4 nitrogen and oxygen atoms in total. The number of nitrogens with one attached hydrogen (secondary N) is 1. The predicted octanol–water partition coefficient (Wildman–Crippen LogP) is 5.29. The summed E-state index contributed by atoms with van der Waals surface area (Å²) in [6.07, 6.45) is 1.96. The minimum Gasteiger partial charge on any atom is -0.494 e. The molecule has 0 saturated carbocycles. The number of carbonyl (C=O) groups is 1. The number of rotatable bonds is 10.